The van der Waals surface area contributed by atoms with Crippen LogP contribution in [0.2, 0.25) is 0 Å². The molecule has 0 radical (unpaired) electrons. The van der Waals surface area contributed by atoms with Crippen LogP contribution in [0.1, 0.15) is 17.5 Å². The smallest absolute Gasteiger partial charge is 0.315 e. The van der Waals surface area contributed by atoms with E-state index in [0.29, 0.717) is 13.1 Å². The van der Waals surface area contributed by atoms with Gasteiger partial charge in [0.1, 0.15) is 0 Å². The van der Waals surface area contributed by atoms with E-state index in [0.717, 1.165) is 51.4 Å². The molecule has 1 aliphatic heterocycles. The lowest BCUT2D eigenvalue weighted by Gasteiger charge is -2.26. The third-order valence-corrected chi connectivity index (χ3v) is 4.41. The van der Waals surface area contributed by atoms with Gasteiger partial charge in [-0.3, -0.25) is 4.90 Å². The Balaban J connectivity index is 1.33. The van der Waals surface area contributed by atoms with E-state index in [1.807, 2.05) is 22.9 Å². The van der Waals surface area contributed by atoms with Crippen molar-refractivity contribution in [2.24, 2.45) is 0 Å². The standard InChI is InChI=1S/C19H27N5O2/c25-19(21-5-2-7-23-9-11-26-12-10-23)22-14-17-3-1-4-18(13-17)15-24-8-6-20-16-24/h1,3-4,6,8,13,16H,2,5,7,9-12,14-15H2,(H2,21,22,25). The summed E-state index contributed by atoms with van der Waals surface area (Å²) in [5, 5.41) is 5.84. The number of imidazole rings is 1. The fourth-order valence-electron chi connectivity index (χ4n) is 3.00. The number of ether oxygens (including phenoxy) is 1. The first-order chi connectivity index (χ1) is 12.8. The summed E-state index contributed by atoms with van der Waals surface area (Å²) in [5.74, 6) is 0. The van der Waals surface area contributed by atoms with E-state index in [-0.39, 0.29) is 6.03 Å². The highest BCUT2D eigenvalue weighted by molar-refractivity contribution is 5.73. The molecular weight excluding hydrogens is 330 g/mol. The van der Waals surface area contributed by atoms with E-state index in [4.69, 9.17) is 4.74 Å². The van der Waals surface area contributed by atoms with Gasteiger partial charge in [-0.1, -0.05) is 24.3 Å². The van der Waals surface area contributed by atoms with Crippen molar-refractivity contribution in [1.29, 1.82) is 0 Å². The van der Waals surface area contributed by atoms with Crippen LogP contribution >= 0.6 is 0 Å². The van der Waals surface area contributed by atoms with E-state index in [1.54, 1.807) is 12.5 Å². The molecule has 0 saturated carbocycles. The van der Waals surface area contributed by atoms with Gasteiger partial charge in [-0.2, -0.15) is 0 Å². The third kappa shape index (κ3) is 6.16. The molecule has 1 aromatic carbocycles. The second-order valence-corrected chi connectivity index (χ2v) is 6.47. The molecule has 2 heterocycles. The van der Waals surface area contributed by atoms with Gasteiger partial charge in [0.15, 0.2) is 0 Å². The van der Waals surface area contributed by atoms with Crippen molar-refractivity contribution in [3.8, 4) is 0 Å². The molecule has 2 amide bonds. The molecule has 1 aliphatic rings. The predicted octanol–water partition coefficient (Wildman–Crippen LogP) is 1.45. The van der Waals surface area contributed by atoms with Crippen molar-refractivity contribution in [3.05, 3.63) is 54.1 Å². The molecular formula is C19H27N5O2. The lowest BCUT2D eigenvalue weighted by Crippen LogP contribution is -2.39. The van der Waals surface area contributed by atoms with E-state index in [2.05, 4.69) is 32.7 Å². The van der Waals surface area contributed by atoms with Crippen LogP contribution in [0.4, 0.5) is 4.79 Å². The van der Waals surface area contributed by atoms with E-state index in [9.17, 15) is 4.79 Å². The zero-order valence-corrected chi connectivity index (χ0v) is 15.1. The maximum absolute atomic E-state index is 11.9. The summed E-state index contributed by atoms with van der Waals surface area (Å²) < 4.78 is 7.35. The third-order valence-electron chi connectivity index (χ3n) is 4.41. The van der Waals surface area contributed by atoms with Crippen molar-refractivity contribution in [1.82, 2.24) is 25.1 Å². The van der Waals surface area contributed by atoms with Crippen molar-refractivity contribution < 1.29 is 9.53 Å². The largest absolute Gasteiger partial charge is 0.379 e. The lowest BCUT2D eigenvalue weighted by molar-refractivity contribution is 0.0375. The van der Waals surface area contributed by atoms with Crippen molar-refractivity contribution in [3.63, 3.8) is 0 Å². The summed E-state index contributed by atoms with van der Waals surface area (Å²) >= 11 is 0. The maximum atomic E-state index is 11.9. The number of nitrogens with one attached hydrogen (secondary N) is 2. The number of aromatic nitrogens is 2. The Labute approximate surface area is 154 Å². The van der Waals surface area contributed by atoms with Crippen LogP contribution in [0.3, 0.4) is 0 Å². The van der Waals surface area contributed by atoms with Gasteiger partial charge >= 0.3 is 6.03 Å². The number of hydrogen-bond donors (Lipinski definition) is 2. The van der Waals surface area contributed by atoms with Gasteiger partial charge in [-0.15, -0.1) is 0 Å². The Morgan fingerprint density at radius 3 is 2.85 bits per heavy atom. The van der Waals surface area contributed by atoms with Crippen LogP contribution in [0.5, 0.6) is 0 Å². The fraction of sp³-hybridized carbons (Fsp3) is 0.474. The molecule has 1 fully saturated rings. The van der Waals surface area contributed by atoms with Gasteiger partial charge in [0.2, 0.25) is 0 Å². The number of amides is 2. The molecule has 26 heavy (non-hydrogen) atoms. The van der Waals surface area contributed by atoms with Crippen LogP contribution in [-0.4, -0.2) is 59.9 Å². The molecule has 1 saturated heterocycles. The van der Waals surface area contributed by atoms with Crippen molar-refractivity contribution in [2.75, 3.05) is 39.4 Å². The van der Waals surface area contributed by atoms with Crippen molar-refractivity contribution in [2.45, 2.75) is 19.5 Å². The summed E-state index contributed by atoms with van der Waals surface area (Å²) in [5.41, 5.74) is 2.28. The number of urea groups is 1. The Kier molecular flexibility index (Phi) is 7.04. The number of carbonyl (C=O) groups excluding carboxylic acids is 1. The zero-order valence-electron chi connectivity index (χ0n) is 15.1. The summed E-state index contributed by atoms with van der Waals surface area (Å²) in [6.07, 6.45) is 6.47. The topological polar surface area (TPSA) is 71.4 Å². The summed E-state index contributed by atoms with van der Waals surface area (Å²) in [7, 11) is 0. The van der Waals surface area contributed by atoms with E-state index >= 15 is 0 Å². The Morgan fingerprint density at radius 1 is 1.19 bits per heavy atom. The predicted molar refractivity (Wildman–Crippen MR) is 99.9 cm³/mol. The summed E-state index contributed by atoms with van der Waals surface area (Å²) in [6, 6.07) is 8.11. The number of morpholine rings is 1. The molecule has 0 bridgehead atoms. The molecule has 0 atom stereocenters. The van der Waals surface area contributed by atoms with E-state index in [1.165, 1.54) is 5.56 Å². The molecule has 0 spiro atoms. The molecule has 7 heteroatoms. The van der Waals surface area contributed by atoms with Crippen molar-refractivity contribution >= 4 is 6.03 Å². The molecule has 140 valence electrons. The first-order valence-electron chi connectivity index (χ1n) is 9.15. The SMILES string of the molecule is O=C(NCCCN1CCOCC1)NCc1cccc(Cn2ccnc2)c1. The summed E-state index contributed by atoms with van der Waals surface area (Å²) in [4.78, 5) is 18.4. The number of benzene rings is 1. The van der Waals surface area contributed by atoms with E-state index < -0.39 is 0 Å². The highest BCUT2D eigenvalue weighted by atomic mass is 16.5. The monoisotopic (exact) mass is 357 g/mol. The molecule has 0 unspecified atom stereocenters. The average Bonchev–Trinajstić information content (AvgIpc) is 3.18. The summed E-state index contributed by atoms with van der Waals surface area (Å²) in [6.45, 7) is 6.59. The normalized spacial score (nSPS) is 14.9. The minimum Gasteiger partial charge on any atom is -0.379 e. The number of hydrogen-bond acceptors (Lipinski definition) is 4. The van der Waals surface area contributed by atoms with Gasteiger partial charge in [0.25, 0.3) is 0 Å². The van der Waals surface area contributed by atoms with Crippen LogP contribution in [0.25, 0.3) is 0 Å². The second-order valence-electron chi connectivity index (χ2n) is 6.47. The van der Waals surface area contributed by atoms with Crippen LogP contribution in [0, 0.1) is 0 Å². The molecule has 0 aliphatic carbocycles. The number of nitrogens with zero attached hydrogens (tertiary/aromatic N) is 3. The quantitative estimate of drug-likeness (QED) is 0.702. The minimum absolute atomic E-state index is 0.119. The Bertz CT molecular complexity index is 668. The van der Waals surface area contributed by atoms with Crippen LogP contribution < -0.4 is 10.6 Å². The minimum atomic E-state index is -0.119. The molecule has 2 aromatic rings. The molecule has 1 aromatic heterocycles. The number of carbonyl (C=O) groups is 1. The van der Waals surface area contributed by atoms with Gasteiger partial charge < -0.3 is 19.9 Å². The highest BCUT2D eigenvalue weighted by Gasteiger charge is 2.09. The van der Waals surface area contributed by atoms with Crippen LogP contribution in [-0.2, 0) is 17.8 Å². The first-order valence-corrected chi connectivity index (χ1v) is 9.15. The first kappa shape index (κ1) is 18.4. The average molecular weight is 357 g/mol. The van der Waals surface area contributed by atoms with Gasteiger partial charge in [0, 0.05) is 45.1 Å². The van der Waals surface area contributed by atoms with Gasteiger partial charge in [-0.25, -0.2) is 9.78 Å². The maximum Gasteiger partial charge on any atom is 0.315 e. The van der Waals surface area contributed by atoms with Crippen LogP contribution in [0.15, 0.2) is 43.0 Å². The molecule has 3 rings (SSSR count). The highest BCUT2D eigenvalue weighted by Crippen LogP contribution is 2.07. The Hall–Kier alpha value is -2.38. The number of rotatable bonds is 8. The Morgan fingerprint density at radius 2 is 2.04 bits per heavy atom. The molecule has 2 N–H and O–H groups in total. The molecule has 7 nitrogen and oxygen atoms in total. The fourth-order valence-corrected chi connectivity index (χ4v) is 3.00. The van der Waals surface area contributed by atoms with Gasteiger partial charge in [0.05, 0.1) is 19.5 Å². The second kappa shape index (κ2) is 9.94. The lowest BCUT2D eigenvalue weighted by atomic mass is 10.1. The van der Waals surface area contributed by atoms with Gasteiger partial charge in [-0.05, 0) is 24.1 Å². The zero-order chi connectivity index (χ0) is 18.0.